The highest BCUT2D eigenvalue weighted by atomic mass is 32.1. The Labute approximate surface area is 133 Å². The van der Waals surface area contributed by atoms with Crippen LogP contribution in [-0.4, -0.2) is 33.3 Å². The first-order valence-corrected chi connectivity index (χ1v) is 8.53. The molecule has 0 radical (unpaired) electrons. The number of nitrogens with zero attached hydrogens (tertiary/aromatic N) is 4. The average Bonchev–Trinajstić information content (AvgIpc) is 3.18. The van der Waals surface area contributed by atoms with Gasteiger partial charge in [-0.3, -0.25) is 9.36 Å². The summed E-state index contributed by atoms with van der Waals surface area (Å²) in [6.45, 7) is 3.72. The molecule has 1 fully saturated rings. The van der Waals surface area contributed by atoms with Crippen LogP contribution in [0.15, 0.2) is 23.8 Å². The first-order chi connectivity index (χ1) is 10.7. The molecule has 0 saturated carbocycles. The Bertz CT molecular complexity index is 624. The predicted molar refractivity (Wildman–Crippen MR) is 86.8 cm³/mol. The molecular formula is C15H21N5OS. The van der Waals surface area contributed by atoms with Gasteiger partial charge in [0.25, 0.3) is 0 Å². The van der Waals surface area contributed by atoms with E-state index in [1.165, 1.54) is 4.88 Å². The van der Waals surface area contributed by atoms with Gasteiger partial charge in [0.05, 0.1) is 6.54 Å². The van der Waals surface area contributed by atoms with Crippen molar-refractivity contribution in [1.29, 1.82) is 0 Å². The first-order valence-electron chi connectivity index (χ1n) is 7.65. The van der Waals surface area contributed by atoms with Crippen LogP contribution in [0.5, 0.6) is 0 Å². The summed E-state index contributed by atoms with van der Waals surface area (Å²) in [5, 5.41) is 10.5. The molecule has 1 saturated heterocycles. The van der Waals surface area contributed by atoms with E-state index in [9.17, 15) is 4.79 Å². The molecule has 3 rings (SSSR count). The number of anilines is 1. The highest BCUT2D eigenvalue weighted by Gasteiger charge is 2.32. The van der Waals surface area contributed by atoms with Crippen molar-refractivity contribution in [2.24, 2.45) is 11.7 Å². The fraction of sp³-hybridized carbons (Fsp3) is 0.533. The lowest BCUT2D eigenvalue weighted by atomic mass is 9.89. The fourth-order valence-electron chi connectivity index (χ4n) is 3.11. The minimum absolute atomic E-state index is 0.0186. The number of hydrogen-bond acceptors (Lipinski definition) is 5. The molecule has 0 aliphatic carbocycles. The van der Waals surface area contributed by atoms with E-state index in [0.717, 1.165) is 38.3 Å². The maximum absolute atomic E-state index is 11.5. The van der Waals surface area contributed by atoms with Crippen molar-refractivity contribution in [2.45, 2.75) is 38.8 Å². The van der Waals surface area contributed by atoms with Gasteiger partial charge in [-0.15, -0.1) is 21.5 Å². The Balaban J connectivity index is 1.79. The van der Waals surface area contributed by atoms with E-state index in [-0.39, 0.29) is 17.9 Å². The van der Waals surface area contributed by atoms with Crippen molar-refractivity contribution < 1.29 is 4.79 Å². The van der Waals surface area contributed by atoms with Gasteiger partial charge in [-0.05, 0) is 30.7 Å². The molecular weight excluding hydrogens is 298 g/mol. The van der Waals surface area contributed by atoms with Crippen LogP contribution in [-0.2, 0) is 11.3 Å². The summed E-state index contributed by atoms with van der Waals surface area (Å²) in [6, 6.07) is 4.46. The van der Waals surface area contributed by atoms with Crippen LogP contribution >= 0.6 is 11.3 Å². The van der Waals surface area contributed by atoms with Crippen LogP contribution < -0.4 is 10.6 Å². The van der Waals surface area contributed by atoms with Crippen LogP contribution in [0.4, 0.5) is 5.95 Å². The van der Waals surface area contributed by atoms with Crippen molar-refractivity contribution >= 4 is 23.2 Å². The Morgan fingerprint density at radius 2 is 2.41 bits per heavy atom. The number of carbonyl (C=O) groups is 1. The molecule has 7 heteroatoms. The summed E-state index contributed by atoms with van der Waals surface area (Å²) in [7, 11) is 0. The number of piperidine rings is 1. The molecule has 2 aromatic heterocycles. The molecule has 22 heavy (non-hydrogen) atoms. The smallest absolute Gasteiger partial charge is 0.227 e. The molecule has 1 aliphatic rings. The Hall–Kier alpha value is -1.89. The lowest BCUT2D eigenvalue weighted by molar-refractivity contribution is -0.122. The van der Waals surface area contributed by atoms with Crippen LogP contribution in [0.1, 0.15) is 31.1 Å². The van der Waals surface area contributed by atoms with Gasteiger partial charge in [0.2, 0.25) is 11.9 Å². The van der Waals surface area contributed by atoms with E-state index in [1.54, 1.807) is 17.7 Å². The molecule has 6 nitrogen and oxygen atoms in total. The number of primary amides is 1. The number of hydrogen-bond donors (Lipinski definition) is 1. The zero-order valence-electron chi connectivity index (χ0n) is 12.7. The van der Waals surface area contributed by atoms with Gasteiger partial charge in [-0.1, -0.05) is 13.0 Å². The molecule has 2 unspecified atom stereocenters. The topological polar surface area (TPSA) is 77.0 Å². The van der Waals surface area contributed by atoms with E-state index in [0.29, 0.717) is 0 Å². The van der Waals surface area contributed by atoms with E-state index < -0.39 is 0 Å². The van der Waals surface area contributed by atoms with Crippen LogP contribution in [0, 0.1) is 5.92 Å². The normalized spacial score (nSPS) is 22.0. The number of carbonyl (C=O) groups excluding carboxylic acids is 1. The van der Waals surface area contributed by atoms with Gasteiger partial charge in [-0.25, -0.2) is 0 Å². The highest BCUT2D eigenvalue weighted by Crippen LogP contribution is 2.29. The summed E-state index contributed by atoms with van der Waals surface area (Å²) in [5.74, 6) is 0.691. The van der Waals surface area contributed by atoms with Crippen LogP contribution in [0.3, 0.4) is 0 Å². The zero-order valence-corrected chi connectivity index (χ0v) is 13.5. The van der Waals surface area contributed by atoms with Gasteiger partial charge in [0.15, 0.2) is 0 Å². The average molecular weight is 319 g/mol. The third-order valence-corrected chi connectivity index (χ3v) is 5.21. The standard InChI is InChI=1S/C15H21N5OS/c1-2-12-8-11(14(16)21)5-6-20(12)15-18-17-10-19(15)9-13-4-3-7-22-13/h3-4,7,10-12H,2,5-6,8-9H2,1H3,(H2,16,21). The quantitative estimate of drug-likeness (QED) is 0.912. The van der Waals surface area contributed by atoms with Crippen LogP contribution in [0.25, 0.3) is 0 Å². The lowest BCUT2D eigenvalue weighted by Crippen LogP contribution is -2.46. The number of amides is 1. The molecule has 2 atom stereocenters. The molecule has 2 N–H and O–H groups in total. The van der Waals surface area contributed by atoms with Gasteiger partial charge in [0.1, 0.15) is 6.33 Å². The highest BCUT2D eigenvalue weighted by molar-refractivity contribution is 7.09. The van der Waals surface area contributed by atoms with Crippen LogP contribution in [0.2, 0.25) is 0 Å². The summed E-state index contributed by atoms with van der Waals surface area (Å²) in [6.07, 6.45) is 4.34. The number of aromatic nitrogens is 3. The minimum Gasteiger partial charge on any atom is -0.369 e. The molecule has 118 valence electrons. The van der Waals surface area contributed by atoms with Crippen molar-refractivity contribution in [2.75, 3.05) is 11.4 Å². The second kappa shape index (κ2) is 6.48. The summed E-state index contributed by atoms with van der Waals surface area (Å²) >= 11 is 1.73. The molecule has 0 aromatic carbocycles. The summed E-state index contributed by atoms with van der Waals surface area (Å²) in [4.78, 5) is 15.0. The third kappa shape index (κ3) is 2.99. The van der Waals surface area contributed by atoms with Gasteiger partial charge in [0, 0.05) is 23.4 Å². The largest absolute Gasteiger partial charge is 0.369 e. The van der Waals surface area contributed by atoms with Gasteiger partial charge in [-0.2, -0.15) is 0 Å². The van der Waals surface area contributed by atoms with E-state index in [2.05, 4.69) is 44.1 Å². The predicted octanol–water partition coefficient (Wildman–Crippen LogP) is 1.87. The second-order valence-electron chi connectivity index (χ2n) is 5.72. The maximum atomic E-state index is 11.5. The SMILES string of the molecule is CCC1CC(C(N)=O)CCN1c1nncn1Cc1cccs1. The maximum Gasteiger partial charge on any atom is 0.227 e. The zero-order chi connectivity index (χ0) is 15.5. The third-order valence-electron chi connectivity index (χ3n) is 4.35. The first kappa shape index (κ1) is 15.0. The number of thiophene rings is 1. The molecule has 2 aromatic rings. The number of nitrogens with two attached hydrogens (primary N) is 1. The molecule has 1 amide bonds. The summed E-state index contributed by atoms with van der Waals surface area (Å²) < 4.78 is 2.08. The molecule has 0 spiro atoms. The lowest BCUT2D eigenvalue weighted by Gasteiger charge is -2.38. The molecule has 3 heterocycles. The van der Waals surface area contributed by atoms with E-state index in [1.807, 2.05) is 0 Å². The van der Waals surface area contributed by atoms with E-state index in [4.69, 9.17) is 5.73 Å². The van der Waals surface area contributed by atoms with Crippen molar-refractivity contribution in [3.63, 3.8) is 0 Å². The van der Waals surface area contributed by atoms with Crippen molar-refractivity contribution in [3.8, 4) is 0 Å². The monoisotopic (exact) mass is 319 g/mol. The minimum atomic E-state index is -0.182. The Morgan fingerprint density at radius 1 is 1.55 bits per heavy atom. The van der Waals surface area contributed by atoms with Crippen molar-refractivity contribution in [3.05, 3.63) is 28.7 Å². The molecule has 0 bridgehead atoms. The van der Waals surface area contributed by atoms with Crippen molar-refractivity contribution in [1.82, 2.24) is 14.8 Å². The molecule has 1 aliphatic heterocycles. The number of rotatable bonds is 5. The van der Waals surface area contributed by atoms with Gasteiger partial charge >= 0.3 is 0 Å². The van der Waals surface area contributed by atoms with E-state index >= 15 is 0 Å². The summed E-state index contributed by atoms with van der Waals surface area (Å²) in [5.41, 5.74) is 5.48. The fourth-order valence-corrected chi connectivity index (χ4v) is 3.82. The van der Waals surface area contributed by atoms with Gasteiger partial charge < -0.3 is 10.6 Å². The Kier molecular flexibility index (Phi) is 4.42. The Morgan fingerprint density at radius 3 is 3.09 bits per heavy atom. The second-order valence-corrected chi connectivity index (χ2v) is 6.75.